The normalized spacial score (nSPS) is 21.9. The van der Waals surface area contributed by atoms with E-state index in [9.17, 15) is 4.79 Å². The first-order valence-electron chi connectivity index (χ1n) is 6.50. The van der Waals surface area contributed by atoms with Crippen LogP contribution in [0.15, 0.2) is 23.3 Å². The molecule has 1 unspecified atom stereocenters. The van der Waals surface area contributed by atoms with Gasteiger partial charge in [0.2, 0.25) is 0 Å². The van der Waals surface area contributed by atoms with Crippen LogP contribution in [-0.4, -0.2) is 18.7 Å². The Kier molecular flexibility index (Phi) is 7.69. The first kappa shape index (κ1) is 17.3. The Morgan fingerprint density at radius 3 is 2.47 bits per heavy atom. The molecule has 0 N–H and O–H groups in total. The van der Waals surface area contributed by atoms with Crippen LogP contribution in [0.5, 0.6) is 0 Å². The van der Waals surface area contributed by atoms with Crippen LogP contribution in [-0.2, 0) is 19.1 Å². The molecule has 0 radical (unpaired) electrons. The van der Waals surface area contributed by atoms with Crippen LogP contribution < -0.4 is 0 Å². The summed E-state index contributed by atoms with van der Waals surface area (Å²) in [5.41, 5.74) is 2.28. The Morgan fingerprint density at radius 1 is 1.47 bits per heavy atom. The molecular weight excluding hydrogens is 244 g/mol. The first-order valence-corrected chi connectivity index (χ1v) is 6.50. The Balaban J connectivity index is 0.000000982. The van der Waals surface area contributed by atoms with E-state index in [2.05, 4.69) is 26.0 Å². The summed E-state index contributed by atoms with van der Waals surface area (Å²) in [6.45, 7) is 8.54. The molecule has 0 bridgehead atoms. The van der Waals surface area contributed by atoms with Gasteiger partial charge in [0.15, 0.2) is 0 Å². The molecule has 0 aromatic rings. The average Bonchev–Trinajstić information content (AvgIpc) is 2.85. The van der Waals surface area contributed by atoms with Crippen molar-refractivity contribution >= 4 is 12.1 Å². The van der Waals surface area contributed by atoms with Gasteiger partial charge in [-0.1, -0.05) is 24.6 Å². The predicted octanol–water partition coefficient (Wildman–Crippen LogP) is 3.05. The zero-order valence-electron chi connectivity index (χ0n) is 12.1. The van der Waals surface area contributed by atoms with Gasteiger partial charge in [-0.2, -0.15) is 9.59 Å². The van der Waals surface area contributed by atoms with E-state index < -0.39 is 0 Å². The number of carbonyl (C=O) groups is 1. The SMILES string of the molecule is C/C=C(\C)C1=CCC(CC)(C(=O)OCC)C1.O=C=O. The molecule has 19 heavy (non-hydrogen) atoms. The molecule has 0 amide bonds. The number of hydrogen-bond donors (Lipinski definition) is 0. The van der Waals surface area contributed by atoms with Gasteiger partial charge in [0.25, 0.3) is 0 Å². The fourth-order valence-electron chi connectivity index (χ4n) is 2.17. The topological polar surface area (TPSA) is 60.4 Å². The molecule has 0 aliphatic heterocycles. The van der Waals surface area contributed by atoms with Gasteiger partial charge in [-0.3, -0.25) is 4.79 Å². The van der Waals surface area contributed by atoms with Crippen molar-refractivity contribution in [1.29, 1.82) is 0 Å². The lowest BCUT2D eigenvalue weighted by Gasteiger charge is -2.25. The van der Waals surface area contributed by atoms with Crippen molar-refractivity contribution in [2.24, 2.45) is 5.41 Å². The molecule has 1 atom stereocenters. The minimum absolute atomic E-state index is 0.0346. The van der Waals surface area contributed by atoms with Crippen LogP contribution in [0.1, 0.15) is 47.0 Å². The summed E-state index contributed by atoms with van der Waals surface area (Å²) in [7, 11) is 0. The zero-order valence-corrected chi connectivity index (χ0v) is 12.1. The third kappa shape index (κ3) is 4.49. The van der Waals surface area contributed by atoms with E-state index in [-0.39, 0.29) is 17.5 Å². The summed E-state index contributed by atoms with van der Waals surface area (Å²) in [5.74, 6) is -0.0346. The molecule has 0 heterocycles. The number of allylic oxidation sites excluding steroid dienone is 4. The monoisotopic (exact) mass is 266 g/mol. The van der Waals surface area contributed by atoms with Gasteiger partial charge in [0.1, 0.15) is 0 Å². The maximum absolute atomic E-state index is 12.0. The van der Waals surface area contributed by atoms with Crippen molar-refractivity contribution in [3.05, 3.63) is 23.3 Å². The molecular formula is C15H22O4. The van der Waals surface area contributed by atoms with Gasteiger partial charge >= 0.3 is 12.1 Å². The average molecular weight is 266 g/mol. The quantitative estimate of drug-likeness (QED) is 0.734. The van der Waals surface area contributed by atoms with E-state index in [1.807, 2.05) is 13.8 Å². The lowest BCUT2D eigenvalue weighted by atomic mass is 9.81. The summed E-state index contributed by atoms with van der Waals surface area (Å²) >= 11 is 0. The molecule has 0 aromatic carbocycles. The molecule has 106 valence electrons. The van der Waals surface area contributed by atoms with Crippen LogP contribution in [0.4, 0.5) is 0 Å². The Morgan fingerprint density at radius 2 is 2.05 bits per heavy atom. The highest BCUT2D eigenvalue weighted by atomic mass is 16.5. The van der Waals surface area contributed by atoms with E-state index in [1.165, 1.54) is 11.1 Å². The molecule has 0 fully saturated rings. The van der Waals surface area contributed by atoms with E-state index in [1.54, 1.807) is 0 Å². The van der Waals surface area contributed by atoms with Crippen LogP contribution in [0, 0.1) is 5.41 Å². The van der Waals surface area contributed by atoms with Crippen molar-refractivity contribution in [2.45, 2.75) is 47.0 Å². The minimum atomic E-state index is -0.296. The molecule has 0 saturated carbocycles. The Bertz CT molecular complexity index is 400. The summed E-state index contributed by atoms with van der Waals surface area (Å²) in [5, 5.41) is 0. The van der Waals surface area contributed by atoms with Crippen molar-refractivity contribution in [3.8, 4) is 0 Å². The highest BCUT2D eigenvalue weighted by Gasteiger charge is 2.41. The van der Waals surface area contributed by atoms with Crippen molar-refractivity contribution < 1.29 is 19.1 Å². The molecule has 1 rings (SSSR count). The van der Waals surface area contributed by atoms with Gasteiger partial charge in [0, 0.05) is 0 Å². The molecule has 1 aliphatic carbocycles. The fraction of sp³-hybridized carbons (Fsp3) is 0.600. The fourth-order valence-corrected chi connectivity index (χ4v) is 2.17. The summed E-state index contributed by atoms with van der Waals surface area (Å²) in [6, 6.07) is 0. The highest BCUT2D eigenvalue weighted by molar-refractivity contribution is 5.78. The van der Waals surface area contributed by atoms with Crippen molar-refractivity contribution in [2.75, 3.05) is 6.61 Å². The number of esters is 1. The van der Waals surface area contributed by atoms with E-state index in [0.717, 1.165) is 19.3 Å². The summed E-state index contributed by atoms with van der Waals surface area (Å²) in [4.78, 5) is 28.2. The summed E-state index contributed by atoms with van der Waals surface area (Å²) in [6.07, 6.45) is 7.04. The van der Waals surface area contributed by atoms with Crippen LogP contribution in [0.2, 0.25) is 0 Å². The number of hydrogen-bond acceptors (Lipinski definition) is 4. The van der Waals surface area contributed by atoms with Gasteiger partial charge in [0.05, 0.1) is 12.0 Å². The summed E-state index contributed by atoms with van der Waals surface area (Å²) < 4.78 is 5.19. The van der Waals surface area contributed by atoms with Gasteiger partial charge in [-0.25, -0.2) is 0 Å². The Hall–Kier alpha value is -1.67. The third-order valence-corrected chi connectivity index (χ3v) is 3.59. The molecule has 0 aromatic heterocycles. The number of ether oxygens (including phenoxy) is 1. The van der Waals surface area contributed by atoms with E-state index in [4.69, 9.17) is 14.3 Å². The zero-order chi connectivity index (χ0) is 14.9. The van der Waals surface area contributed by atoms with Gasteiger partial charge in [-0.05, 0) is 45.6 Å². The van der Waals surface area contributed by atoms with Crippen LogP contribution in [0.3, 0.4) is 0 Å². The lowest BCUT2D eigenvalue weighted by Crippen LogP contribution is -2.30. The van der Waals surface area contributed by atoms with Crippen LogP contribution >= 0.6 is 0 Å². The van der Waals surface area contributed by atoms with E-state index in [0.29, 0.717) is 6.61 Å². The highest BCUT2D eigenvalue weighted by Crippen LogP contribution is 2.43. The lowest BCUT2D eigenvalue weighted by molar-refractivity contribution is -0.191. The molecule has 4 nitrogen and oxygen atoms in total. The van der Waals surface area contributed by atoms with Gasteiger partial charge < -0.3 is 4.74 Å². The number of rotatable bonds is 4. The Labute approximate surface area is 114 Å². The first-order chi connectivity index (χ1) is 9.01. The smallest absolute Gasteiger partial charge is 0.373 e. The predicted molar refractivity (Wildman–Crippen MR) is 71.1 cm³/mol. The van der Waals surface area contributed by atoms with Crippen molar-refractivity contribution in [3.63, 3.8) is 0 Å². The molecule has 0 saturated heterocycles. The second-order valence-corrected chi connectivity index (χ2v) is 4.52. The maximum Gasteiger partial charge on any atom is 0.373 e. The molecule has 4 heteroatoms. The van der Waals surface area contributed by atoms with Crippen molar-refractivity contribution in [1.82, 2.24) is 0 Å². The van der Waals surface area contributed by atoms with Gasteiger partial charge in [-0.15, -0.1) is 0 Å². The maximum atomic E-state index is 12.0. The number of carbonyl (C=O) groups excluding carboxylic acids is 3. The second-order valence-electron chi connectivity index (χ2n) is 4.52. The third-order valence-electron chi connectivity index (χ3n) is 3.59. The van der Waals surface area contributed by atoms with E-state index >= 15 is 0 Å². The standard InChI is InChI=1S/C14H22O2.CO2/c1-5-11(4)12-8-9-14(6-2,10-12)13(15)16-7-3;2-1-3/h5,8H,6-7,9-10H2,1-4H3;/b11-5+;. The van der Waals surface area contributed by atoms with Crippen LogP contribution in [0.25, 0.3) is 0 Å². The molecule has 0 spiro atoms. The molecule has 1 aliphatic rings. The largest absolute Gasteiger partial charge is 0.466 e. The second kappa shape index (κ2) is 8.44. The minimum Gasteiger partial charge on any atom is -0.466 e.